The number of nitriles is 1. The van der Waals surface area contributed by atoms with Gasteiger partial charge in [-0.05, 0) is 45.1 Å². The summed E-state index contributed by atoms with van der Waals surface area (Å²) in [6.07, 6.45) is 6.76. The highest BCUT2D eigenvalue weighted by atomic mass is 16.6. The summed E-state index contributed by atoms with van der Waals surface area (Å²) in [5.41, 5.74) is 1.43. The van der Waals surface area contributed by atoms with E-state index in [4.69, 9.17) is 10.1 Å². The summed E-state index contributed by atoms with van der Waals surface area (Å²) in [7, 11) is 0. The molecule has 1 saturated carbocycles. The SMILES string of the molecule is C/C(=N\Oc1ccc(C#N)cn1)C1CCC(NCC(=O)N2CCCC2)C1. The van der Waals surface area contributed by atoms with Crippen LogP contribution in [0.5, 0.6) is 5.88 Å². The van der Waals surface area contributed by atoms with Crippen LogP contribution in [0.3, 0.4) is 0 Å². The summed E-state index contributed by atoms with van der Waals surface area (Å²) in [6.45, 7) is 4.20. The van der Waals surface area contributed by atoms with E-state index in [-0.39, 0.29) is 5.91 Å². The van der Waals surface area contributed by atoms with Crippen molar-refractivity contribution in [3.63, 3.8) is 0 Å². The molecule has 0 radical (unpaired) electrons. The number of likely N-dealkylation sites (tertiary alicyclic amines) is 1. The van der Waals surface area contributed by atoms with E-state index < -0.39 is 0 Å². The zero-order chi connectivity index (χ0) is 18.4. The standard InChI is InChI=1S/C19H25N5O2/c1-14(23-26-18-7-4-15(11-20)12-22-18)16-5-6-17(10-16)21-13-19(25)24-8-2-3-9-24/h4,7,12,16-17,21H,2-3,5-6,8-10,13H2,1H3/b23-14+. The predicted molar refractivity (Wildman–Crippen MR) is 97.6 cm³/mol. The Hall–Kier alpha value is -2.46. The van der Waals surface area contributed by atoms with Crippen molar-refractivity contribution in [2.75, 3.05) is 19.6 Å². The van der Waals surface area contributed by atoms with Gasteiger partial charge in [0.25, 0.3) is 0 Å². The molecule has 1 aliphatic carbocycles. The number of aromatic nitrogens is 1. The molecule has 2 aliphatic rings. The van der Waals surface area contributed by atoms with Gasteiger partial charge in [-0.2, -0.15) is 5.26 Å². The van der Waals surface area contributed by atoms with Crippen molar-refractivity contribution < 1.29 is 9.63 Å². The van der Waals surface area contributed by atoms with Gasteiger partial charge in [0.1, 0.15) is 6.07 Å². The quantitative estimate of drug-likeness (QED) is 0.623. The Morgan fingerprint density at radius 2 is 2.23 bits per heavy atom. The number of oxime groups is 1. The van der Waals surface area contributed by atoms with Crippen LogP contribution in [0.4, 0.5) is 0 Å². The van der Waals surface area contributed by atoms with Gasteiger partial charge in [-0.3, -0.25) is 4.79 Å². The van der Waals surface area contributed by atoms with Crippen LogP contribution in [0.25, 0.3) is 0 Å². The van der Waals surface area contributed by atoms with Crippen molar-refractivity contribution in [1.82, 2.24) is 15.2 Å². The minimum atomic E-state index is 0.214. The summed E-state index contributed by atoms with van der Waals surface area (Å²) < 4.78 is 0. The van der Waals surface area contributed by atoms with Crippen molar-refractivity contribution in [3.05, 3.63) is 23.9 Å². The highest BCUT2D eigenvalue weighted by Crippen LogP contribution is 2.27. The zero-order valence-electron chi connectivity index (χ0n) is 15.1. The number of hydrogen-bond donors (Lipinski definition) is 1. The van der Waals surface area contributed by atoms with Crippen LogP contribution in [0.2, 0.25) is 0 Å². The lowest BCUT2D eigenvalue weighted by atomic mass is 10.0. The van der Waals surface area contributed by atoms with Crippen LogP contribution in [0.15, 0.2) is 23.5 Å². The Balaban J connectivity index is 1.43. The molecule has 0 aromatic carbocycles. The number of nitrogens with zero attached hydrogens (tertiary/aromatic N) is 4. The second-order valence-corrected chi connectivity index (χ2v) is 7.00. The van der Waals surface area contributed by atoms with Crippen LogP contribution in [0, 0.1) is 17.2 Å². The molecule has 7 nitrogen and oxygen atoms in total. The monoisotopic (exact) mass is 355 g/mol. The third-order valence-electron chi connectivity index (χ3n) is 5.17. The summed E-state index contributed by atoms with van der Waals surface area (Å²) in [5, 5.41) is 16.4. The van der Waals surface area contributed by atoms with Crippen LogP contribution >= 0.6 is 0 Å². The first kappa shape index (κ1) is 18.3. The van der Waals surface area contributed by atoms with E-state index in [1.807, 2.05) is 17.9 Å². The lowest BCUT2D eigenvalue weighted by molar-refractivity contribution is -0.129. The molecule has 1 aliphatic heterocycles. The minimum Gasteiger partial charge on any atom is -0.342 e. The largest absolute Gasteiger partial charge is 0.342 e. The molecular formula is C19H25N5O2. The first-order valence-electron chi connectivity index (χ1n) is 9.24. The highest BCUT2D eigenvalue weighted by molar-refractivity contribution is 5.84. The van der Waals surface area contributed by atoms with Gasteiger partial charge in [-0.15, -0.1) is 0 Å². The molecule has 7 heteroatoms. The summed E-state index contributed by atoms with van der Waals surface area (Å²) in [6, 6.07) is 5.66. The van der Waals surface area contributed by atoms with Crippen LogP contribution < -0.4 is 10.2 Å². The molecule has 3 rings (SSSR count). The number of carbonyl (C=O) groups excluding carboxylic acids is 1. The second-order valence-electron chi connectivity index (χ2n) is 7.00. The highest BCUT2D eigenvalue weighted by Gasteiger charge is 2.28. The molecule has 1 aromatic heterocycles. The van der Waals surface area contributed by atoms with Gasteiger partial charge in [0.05, 0.1) is 17.8 Å². The van der Waals surface area contributed by atoms with Gasteiger partial charge in [0.2, 0.25) is 11.8 Å². The molecule has 0 spiro atoms. The molecule has 2 heterocycles. The zero-order valence-corrected chi connectivity index (χ0v) is 15.1. The van der Waals surface area contributed by atoms with Crippen molar-refractivity contribution in [1.29, 1.82) is 5.26 Å². The number of amides is 1. The van der Waals surface area contributed by atoms with Crippen molar-refractivity contribution >= 4 is 11.6 Å². The number of hydrogen-bond acceptors (Lipinski definition) is 6. The fourth-order valence-corrected chi connectivity index (χ4v) is 3.55. The first-order chi connectivity index (χ1) is 12.7. The fraction of sp³-hybridized carbons (Fsp3) is 0.579. The number of pyridine rings is 1. The van der Waals surface area contributed by atoms with E-state index in [0.29, 0.717) is 29.9 Å². The molecule has 2 fully saturated rings. The maximum Gasteiger partial charge on any atom is 0.248 e. The second kappa shape index (κ2) is 8.77. The molecule has 2 atom stereocenters. The fourth-order valence-electron chi connectivity index (χ4n) is 3.55. The van der Waals surface area contributed by atoms with E-state index in [9.17, 15) is 4.79 Å². The van der Waals surface area contributed by atoms with Gasteiger partial charge in [0.15, 0.2) is 0 Å². The van der Waals surface area contributed by atoms with Gasteiger partial charge in [0, 0.05) is 37.3 Å². The lowest BCUT2D eigenvalue weighted by Gasteiger charge is -2.18. The maximum atomic E-state index is 12.1. The van der Waals surface area contributed by atoms with Crippen LogP contribution in [-0.4, -0.2) is 47.2 Å². The number of rotatable bonds is 6. The molecule has 26 heavy (non-hydrogen) atoms. The van der Waals surface area contributed by atoms with E-state index in [1.54, 1.807) is 12.1 Å². The average molecular weight is 355 g/mol. The Morgan fingerprint density at radius 1 is 1.42 bits per heavy atom. The molecule has 1 saturated heterocycles. The molecule has 1 N–H and O–H groups in total. The van der Waals surface area contributed by atoms with Gasteiger partial charge < -0.3 is 15.1 Å². The van der Waals surface area contributed by atoms with Crippen molar-refractivity contribution in [3.8, 4) is 11.9 Å². The molecule has 0 bridgehead atoms. The van der Waals surface area contributed by atoms with Gasteiger partial charge in [-0.1, -0.05) is 5.16 Å². The normalized spacial score (nSPS) is 23.1. The third kappa shape index (κ3) is 4.79. The Labute approximate surface area is 154 Å². The number of nitrogens with one attached hydrogen (secondary N) is 1. The molecule has 1 aromatic rings. The van der Waals surface area contributed by atoms with E-state index >= 15 is 0 Å². The maximum absolute atomic E-state index is 12.1. The molecule has 1 amide bonds. The third-order valence-corrected chi connectivity index (χ3v) is 5.17. The first-order valence-corrected chi connectivity index (χ1v) is 9.24. The van der Waals surface area contributed by atoms with Crippen LogP contribution in [-0.2, 0) is 4.79 Å². The lowest BCUT2D eigenvalue weighted by Crippen LogP contribution is -2.39. The molecular weight excluding hydrogens is 330 g/mol. The molecule has 2 unspecified atom stereocenters. The van der Waals surface area contributed by atoms with Gasteiger partial charge >= 0.3 is 0 Å². The van der Waals surface area contributed by atoms with E-state index in [2.05, 4.69) is 15.5 Å². The molecule has 138 valence electrons. The smallest absolute Gasteiger partial charge is 0.248 e. The predicted octanol–water partition coefficient (Wildman–Crippen LogP) is 2.09. The van der Waals surface area contributed by atoms with Gasteiger partial charge in [-0.25, -0.2) is 4.98 Å². The Bertz CT molecular complexity index is 689. The van der Waals surface area contributed by atoms with Crippen molar-refractivity contribution in [2.24, 2.45) is 11.1 Å². The van der Waals surface area contributed by atoms with E-state index in [0.717, 1.165) is 50.9 Å². The topological polar surface area (TPSA) is 90.6 Å². The summed E-state index contributed by atoms with van der Waals surface area (Å²) in [4.78, 5) is 23.5. The summed E-state index contributed by atoms with van der Waals surface area (Å²) in [5.74, 6) is 0.951. The average Bonchev–Trinajstić information content (AvgIpc) is 3.36. The minimum absolute atomic E-state index is 0.214. The Morgan fingerprint density at radius 3 is 2.92 bits per heavy atom. The van der Waals surface area contributed by atoms with Crippen molar-refractivity contribution in [2.45, 2.75) is 45.1 Å². The summed E-state index contributed by atoms with van der Waals surface area (Å²) >= 11 is 0. The van der Waals surface area contributed by atoms with Crippen LogP contribution in [0.1, 0.15) is 44.6 Å². The number of carbonyl (C=O) groups is 1. The Kier molecular flexibility index (Phi) is 6.18. The van der Waals surface area contributed by atoms with E-state index in [1.165, 1.54) is 6.20 Å².